The fourth-order valence-corrected chi connectivity index (χ4v) is 4.75. The van der Waals surface area contributed by atoms with Gasteiger partial charge in [-0.15, -0.1) is 0 Å². The van der Waals surface area contributed by atoms with Gasteiger partial charge in [-0.25, -0.2) is 17.5 Å². The van der Waals surface area contributed by atoms with E-state index in [1.807, 2.05) is 6.92 Å². The number of benzene rings is 1. The SMILES string of the molecule is CC1CC(NS(=O)(=O)c2ccc(C(=O)N3CCCC3)c(F)c2)CCN1. The molecule has 2 fully saturated rings. The Morgan fingerprint density at radius 2 is 2.04 bits per heavy atom. The zero-order valence-electron chi connectivity index (χ0n) is 14.3. The molecular weight excluding hydrogens is 345 g/mol. The number of hydrogen-bond donors (Lipinski definition) is 2. The van der Waals surface area contributed by atoms with Gasteiger partial charge in [0.05, 0.1) is 10.5 Å². The Hall–Kier alpha value is -1.51. The summed E-state index contributed by atoms with van der Waals surface area (Å²) in [5, 5.41) is 3.26. The fourth-order valence-electron chi connectivity index (χ4n) is 3.45. The number of nitrogens with one attached hydrogen (secondary N) is 2. The van der Waals surface area contributed by atoms with Crippen LogP contribution in [-0.2, 0) is 10.0 Å². The summed E-state index contributed by atoms with van der Waals surface area (Å²) in [5.74, 6) is -1.17. The van der Waals surface area contributed by atoms with Crippen molar-refractivity contribution in [3.05, 3.63) is 29.6 Å². The van der Waals surface area contributed by atoms with E-state index in [0.717, 1.165) is 25.5 Å². The van der Waals surface area contributed by atoms with Crippen LogP contribution in [0.1, 0.15) is 43.0 Å². The van der Waals surface area contributed by atoms with Crippen LogP contribution in [0, 0.1) is 5.82 Å². The Balaban J connectivity index is 1.75. The van der Waals surface area contributed by atoms with E-state index in [9.17, 15) is 17.6 Å². The van der Waals surface area contributed by atoms with Gasteiger partial charge in [-0.1, -0.05) is 0 Å². The Bertz CT molecular complexity index is 748. The van der Waals surface area contributed by atoms with Crippen LogP contribution in [-0.4, -0.2) is 50.9 Å². The van der Waals surface area contributed by atoms with Gasteiger partial charge in [-0.2, -0.15) is 0 Å². The van der Waals surface area contributed by atoms with Gasteiger partial charge in [0.1, 0.15) is 5.82 Å². The lowest BCUT2D eigenvalue weighted by atomic mass is 10.0. The van der Waals surface area contributed by atoms with Crippen molar-refractivity contribution < 1.29 is 17.6 Å². The molecule has 8 heteroatoms. The minimum atomic E-state index is -3.81. The first-order valence-electron chi connectivity index (χ1n) is 8.71. The van der Waals surface area contributed by atoms with Crippen molar-refractivity contribution in [2.75, 3.05) is 19.6 Å². The summed E-state index contributed by atoms with van der Waals surface area (Å²) < 4.78 is 42.0. The second kappa shape index (κ2) is 7.39. The van der Waals surface area contributed by atoms with Crippen molar-refractivity contribution in [1.82, 2.24) is 14.9 Å². The average molecular weight is 369 g/mol. The largest absolute Gasteiger partial charge is 0.339 e. The molecule has 6 nitrogen and oxygen atoms in total. The number of amides is 1. The Kier molecular flexibility index (Phi) is 5.41. The second-order valence-electron chi connectivity index (χ2n) is 6.84. The highest BCUT2D eigenvalue weighted by molar-refractivity contribution is 7.89. The van der Waals surface area contributed by atoms with Gasteiger partial charge in [-0.3, -0.25) is 4.79 Å². The highest BCUT2D eigenvalue weighted by atomic mass is 32.2. The Morgan fingerprint density at radius 3 is 2.68 bits per heavy atom. The maximum atomic E-state index is 14.4. The number of sulfonamides is 1. The van der Waals surface area contributed by atoms with Gasteiger partial charge < -0.3 is 10.2 Å². The van der Waals surface area contributed by atoms with E-state index in [-0.39, 0.29) is 28.4 Å². The molecule has 2 aliphatic rings. The lowest BCUT2D eigenvalue weighted by Gasteiger charge is -2.28. The predicted octanol–water partition coefficient (Wildman–Crippen LogP) is 1.48. The molecule has 2 atom stereocenters. The maximum Gasteiger partial charge on any atom is 0.256 e. The molecule has 1 aromatic carbocycles. The summed E-state index contributed by atoms with van der Waals surface area (Å²) in [7, 11) is -3.81. The molecule has 25 heavy (non-hydrogen) atoms. The summed E-state index contributed by atoms with van der Waals surface area (Å²) in [4.78, 5) is 13.7. The van der Waals surface area contributed by atoms with Gasteiger partial charge in [0.15, 0.2) is 0 Å². The first-order chi connectivity index (χ1) is 11.9. The number of piperidine rings is 1. The lowest BCUT2D eigenvalue weighted by Crippen LogP contribution is -2.46. The van der Waals surface area contributed by atoms with Crippen molar-refractivity contribution in [2.45, 2.75) is 49.6 Å². The first-order valence-corrected chi connectivity index (χ1v) is 10.2. The maximum absolute atomic E-state index is 14.4. The van der Waals surface area contributed by atoms with Gasteiger partial charge >= 0.3 is 0 Å². The Labute approximate surface area is 147 Å². The van der Waals surface area contributed by atoms with Crippen LogP contribution in [0.3, 0.4) is 0 Å². The molecule has 1 aromatic rings. The van der Waals surface area contributed by atoms with E-state index < -0.39 is 15.8 Å². The van der Waals surface area contributed by atoms with E-state index in [4.69, 9.17) is 0 Å². The van der Waals surface area contributed by atoms with Crippen LogP contribution < -0.4 is 10.0 Å². The lowest BCUT2D eigenvalue weighted by molar-refractivity contribution is 0.0788. The first kappa shape index (κ1) is 18.3. The standard InChI is InChI=1S/C17H24FN3O3S/c1-12-10-13(6-7-19-12)20-25(23,24)14-4-5-15(16(18)11-14)17(22)21-8-2-3-9-21/h4-5,11-13,19-20H,2-3,6-10H2,1H3. The average Bonchev–Trinajstić information content (AvgIpc) is 3.08. The van der Waals surface area contributed by atoms with Gasteiger partial charge in [-0.05, 0) is 57.4 Å². The summed E-state index contributed by atoms with van der Waals surface area (Å²) in [6, 6.07) is 3.58. The second-order valence-corrected chi connectivity index (χ2v) is 8.55. The third-order valence-corrected chi connectivity index (χ3v) is 6.34. The van der Waals surface area contributed by atoms with Crippen molar-refractivity contribution >= 4 is 15.9 Å². The fraction of sp³-hybridized carbons (Fsp3) is 0.588. The van der Waals surface area contributed by atoms with E-state index in [1.54, 1.807) is 4.90 Å². The third-order valence-electron chi connectivity index (χ3n) is 4.82. The molecule has 0 aromatic heterocycles. The van der Waals surface area contributed by atoms with Crippen molar-refractivity contribution in [1.29, 1.82) is 0 Å². The Morgan fingerprint density at radius 1 is 1.32 bits per heavy atom. The van der Waals surface area contributed by atoms with Crippen LogP contribution in [0.25, 0.3) is 0 Å². The molecule has 3 rings (SSSR count). The van der Waals surface area contributed by atoms with Crippen LogP contribution in [0.4, 0.5) is 4.39 Å². The topological polar surface area (TPSA) is 78.5 Å². The van der Waals surface area contributed by atoms with Crippen molar-refractivity contribution in [3.8, 4) is 0 Å². The number of rotatable bonds is 4. The smallest absolute Gasteiger partial charge is 0.256 e. The number of nitrogens with zero attached hydrogens (tertiary/aromatic N) is 1. The number of carbonyl (C=O) groups is 1. The molecule has 0 saturated carbocycles. The number of hydrogen-bond acceptors (Lipinski definition) is 4. The molecule has 2 unspecified atom stereocenters. The van der Waals surface area contributed by atoms with Crippen LogP contribution in [0.2, 0.25) is 0 Å². The van der Waals surface area contributed by atoms with Crippen LogP contribution >= 0.6 is 0 Å². The zero-order chi connectivity index (χ0) is 18.0. The molecule has 0 radical (unpaired) electrons. The predicted molar refractivity (Wildman–Crippen MR) is 92.3 cm³/mol. The normalized spacial score (nSPS) is 24.5. The monoisotopic (exact) mass is 369 g/mol. The molecule has 2 heterocycles. The van der Waals surface area contributed by atoms with E-state index in [0.29, 0.717) is 25.9 Å². The molecule has 0 spiro atoms. The third kappa shape index (κ3) is 4.19. The number of halogens is 1. The minimum absolute atomic E-state index is 0.0728. The molecule has 2 N–H and O–H groups in total. The summed E-state index contributed by atoms with van der Waals surface area (Å²) in [6.45, 7) is 3.98. The van der Waals surface area contributed by atoms with Gasteiger partial charge in [0, 0.05) is 25.2 Å². The number of likely N-dealkylation sites (tertiary alicyclic amines) is 1. The van der Waals surface area contributed by atoms with Gasteiger partial charge in [0.25, 0.3) is 5.91 Å². The molecular formula is C17H24FN3O3S. The molecule has 2 aliphatic heterocycles. The minimum Gasteiger partial charge on any atom is -0.339 e. The van der Waals surface area contributed by atoms with Gasteiger partial charge in [0.2, 0.25) is 10.0 Å². The quantitative estimate of drug-likeness (QED) is 0.843. The molecule has 138 valence electrons. The van der Waals surface area contributed by atoms with Crippen LogP contribution in [0.15, 0.2) is 23.1 Å². The van der Waals surface area contributed by atoms with Crippen molar-refractivity contribution in [2.24, 2.45) is 0 Å². The summed E-state index contributed by atoms with van der Waals surface area (Å²) in [5.41, 5.74) is -0.0728. The zero-order valence-corrected chi connectivity index (χ0v) is 15.1. The van der Waals surface area contributed by atoms with Crippen molar-refractivity contribution in [3.63, 3.8) is 0 Å². The van der Waals surface area contributed by atoms with E-state index in [2.05, 4.69) is 10.0 Å². The van der Waals surface area contributed by atoms with E-state index >= 15 is 0 Å². The van der Waals surface area contributed by atoms with E-state index in [1.165, 1.54) is 12.1 Å². The summed E-state index contributed by atoms with van der Waals surface area (Å²) in [6.07, 6.45) is 3.21. The molecule has 0 aliphatic carbocycles. The summed E-state index contributed by atoms with van der Waals surface area (Å²) >= 11 is 0. The van der Waals surface area contributed by atoms with Crippen LogP contribution in [0.5, 0.6) is 0 Å². The molecule has 0 bridgehead atoms. The molecule has 2 saturated heterocycles. The number of carbonyl (C=O) groups excluding carboxylic acids is 1. The highest BCUT2D eigenvalue weighted by Gasteiger charge is 2.27. The highest BCUT2D eigenvalue weighted by Crippen LogP contribution is 2.20. The molecule has 1 amide bonds.